The molecule has 7 nitrogen and oxygen atoms in total. The van der Waals surface area contributed by atoms with Gasteiger partial charge in [-0.15, -0.1) is 0 Å². The molecule has 2 aliphatic rings. The van der Waals surface area contributed by atoms with Gasteiger partial charge in [-0.1, -0.05) is 30.5 Å². The lowest BCUT2D eigenvalue weighted by Crippen LogP contribution is -2.50. The summed E-state index contributed by atoms with van der Waals surface area (Å²) in [4.78, 5) is 29.0. The highest BCUT2D eigenvalue weighted by Gasteiger charge is 2.32. The summed E-state index contributed by atoms with van der Waals surface area (Å²) in [5.74, 6) is -0.00954. The number of amides is 2. The minimum Gasteiger partial charge on any atom is -0.343 e. The Balaban J connectivity index is 1.54. The van der Waals surface area contributed by atoms with Crippen LogP contribution in [0, 0.1) is 20.8 Å². The van der Waals surface area contributed by atoms with Crippen LogP contribution in [0.25, 0.3) is 0 Å². The molecule has 2 amide bonds. The Morgan fingerprint density at radius 1 is 0.742 bits per heavy atom. The van der Waals surface area contributed by atoms with Gasteiger partial charge in [0.1, 0.15) is 0 Å². The Morgan fingerprint density at radius 3 is 1.68 bits per heavy atom. The van der Waals surface area contributed by atoms with Crippen molar-refractivity contribution >= 4 is 21.8 Å². The number of hydrogen-bond donors (Lipinski definition) is 0. The van der Waals surface area contributed by atoms with E-state index in [4.69, 9.17) is 0 Å². The molecule has 0 aliphatic carbocycles. The van der Waals surface area contributed by atoms with Crippen molar-refractivity contribution in [3.63, 3.8) is 0 Å². The zero-order chi connectivity index (χ0) is 22.6. The number of carbonyl (C=O) groups is 2. The Hall–Kier alpha value is -1.93. The van der Waals surface area contributed by atoms with E-state index in [-0.39, 0.29) is 37.7 Å². The molecule has 0 aromatic heterocycles. The fraction of sp³-hybridized carbons (Fsp3) is 0.652. The van der Waals surface area contributed by atoms with Crippen LogP contribution in [0.1, 0.15) is 55.2 Å². The van der Waals surface area contributed by atoms with E-state index in [1.807, 2.05) is 37.8 Å². The molecule has 31 heavy (non-hydrogen) atoms. The molecule has 8 heteroatoms. The highest BCUT2D eigenvalue weighted by molar-refractivity contribution is 7.89. The molecule has 1 aromatic rings. The maximum Gasteiger partial charge on any atom is 0.243 e. The molecule has 2 fully saturated rings. The molecule has 0 radical (unpaired) electrons. The average molecular weight is 450 g/mol. The van der Waals surface area contributed by atoms with Crippen LogP contribution >= 0.6 is 0 Å². The number of aryl methyl sites for hydroxylation is 3. The number of carbonyl (C=O) groups excluding carboxylic acids is 2. The minimum absolute atomic E-state index is 0.0572. The van der Waals surface area contributed by atoms with Gasteiger partial charge in [-0.2, -0.15) is 4.31 Å². The first-order valence-corrected chi connectivity index (χ1v) is 12.8. The fourth-order valence-corrected chi connectivity index (χ4v) is 6.56. The normalized spacial score (nSPS) is 18.7. The third-order valence-corrected chi connectivity index (χ3v) is 8.51. The average Bonchev–Trinajstić information content (AvgIpc) is 3.00. The maximum atomic E-state index is 13.2. The first kappa shape index (κ1) is 23.7. The van der Waals surface area contributed by atoms with Gasteiger partial charge >= 0.3 is 0 Å². The predicted octanol–water partition coefficient (Wildman–Crippen LogP) is 2.63. The van der Waals surface area contributed by atoms with Crippen LogP contribution in [-0.2, 0) is 19.6 Å². The third kappa shape index (κ3) is 5.66. The van der Waals surface area contributed by atoms with Crippen LogP contribution < -0.4 is 0 Å². The van der Waals surface area contributed by atoms with Crippen molar-refractivity contribution in [1.29, 1.82) is 0 Å². The third-order valence-electron chi connectivity index (χ3n) is 6.31. The van der Waals surface area contributed by atoms with Crippen molar-refractivity contribution in [2.75, 3.05) is 39.3 Å². The lowest BCUT2D eigenvalue weighted by atomic mass is 10.1. The molecular formula is C23H35N3O4S. The topological polar surface area (TPSA) is 78.0 Å². The fourth-order valence-electron chi connectivity index (χ4n) is 4.73. The van der Waals surface area contributed by atoms with Gasteiger partial charge in [-0.3, -0.25) is 9.59 Å². The van der Waals surface area contributed by atoms with Crippen molar-refractivity contribution in [3.05, 3.63) is 28.8 Å². The molecule has 2 saturated heterocycles. The quantitative estimate of drug-likeness (QED) is 0.692. The molecule has 0 N–H and O–H groups in total. The van der Waals surface area contributed by atoms with Crippen molar-refractivity contribution in [2.45, 2.75) is 64.2 Å². The second-order valence-corrected chi connectivity index (χ2v) is 10.7. The molecule has 0 unspecified atom stereocenters. The molecule has 0 atom stereocenters. The summed E-state index contributed by atoms with van der Waals surface area (Å²) in [7, 11) is -3.60. The number of sulfonamides is 1. The largest absolute Gasteiger partial charge is 0.343 e. The van der Waals surface area contributed by atoms with Crippen LogP contribution in [0.3, 0.4) is 0 Å². The molecule has 0 bridgehead atoms. The summed E-state index contributed by atoms with van der Waals surface area (Å²) in [6.07, 6.45) is 4.83. The summed E-state index contributed by atoms with van der Waals surface area (Å²) in [5.41, 5.74) is 2.55. The van der Waals surface area contributed by atoms with E-state index in [0.29, 0.717) is 18.0 Å². The lowest BCUT2D eigenvalue weighted by molar-refractivity contribution is -0.137. The molecule has 0 spiro atoms. The van der Waals surface area contributed by atoms with Crippen molar-refractivity contribution in [1.82, 2.24) is 14.1 Å². The highest BCUT2D eigenvalue weighted by Crippen LogP contribution is 2.26. The van der Waals surface area contributed by atoms with Crippen molar-refractivity contribution in [3.8, 4) is 0 Å². The van der Waals surface area contributed by atoms with E-state index in [1.54, 1.807) is 4.90 Å². The molecular weight excluding hydrogens is 414 g/mol. The van der Waals surface area contributed by atoms with E-state index in [0.717, 1.165) is 55.5 Å². The molecule has 3 rings (SSSR count). The molecule has 172 valence electrons. The van der Waals surface area contributed by atoms with Gasteiger partial charge in [0.05, 0.1) is 4.90 Å². The zero-order valence-corrected chi connectivity index (χ0v) is 19.8. The number of benzene rings is 1. The van der Waals surface area contributed by atoms with Crippen LogP contribution in [0.5, 0.6) is 0 Å². The van der Waals surface area contributed by atoms with Gasteiger partial charge in [0.2, 0.25) is 21.8 Å². The summed E-state index contributed by atoms with van der Waals surface area (Å²) in [6.45, 7) is 8.48. The highest BCUT2D eigenvalue weighted by atomic mass is 32.2. The number of hydrogen-bond acceptors (Lipinski definition) is 4. The Bertz CT molecular complexity index is 890. The van der Waals surface area contributed by atoms with E-state index in [9.17, 15) is 18.0 Å². The van der Waals surface area contributed by atoms with Gasteiger partial charge in [0.15, 0.2) is 0 Å². The lowest BCUT2D eigenvalue weighted by Gasteiger charge is -2.34. The summed E-state index contributed by atoms with van der Waals surface area (Å²) in [6, 6.07) is 3.78. The van der Waals surface area contributed by atoms with Crippen LogP contribution in [0.2, 0.25) is 0 Å². The monoisotopic (exact) mass is 449 g/mol. The summed E-state index contributed by atoms with van der Waals surface area (Å²) < 4.78 is 27.9. The standard InChI is InChI=1S/C23H35N3O4S/c1-18-16-19(2)23(20(3)17-18)31(29,30)26-14-12-25(13-15-26)22(28)9-8-21(27)24-10-6-4-5-7-11-24/h16-17H,4-15H2,1-3H3. The smallest absolute Gasteiger partial charge is 0.243 e. The molecule has 1 aromatic carbocycles. The summed E-state index contributed by atoms with van der Waals surface area (Å²) >= 11 is 0. The van der Waals surface area contributed by atoms with E-state index >= 15 is 0 Å². The van der Waals surface area contributed by atoms with Gasteiger partial charge in [-0.05, 0) is 44.7 Å². The van der Waals surface area contributed by atoms with E-state index in [1.165, 1.54) is 4.31 Å². The van der Waals surface area contributed by atoms with E-state index in [2.05, 4.69) is 0 Å². The summed E-state index contributed by atoms with van der Waals surface area (Å²) in [5, 5.41) is 0. The van der Waals surface area contributed by atoms with Gasteiger partial charge in [-0.25, -0.2) is 8.42 Å². The van der Waals surface area contributed by atoms with E-state index < -0.39 is 10.0 Å². The number of rotatable bonds is 5. The first-order valence-electron chi connectivity index (χ1n) is 11.3. The number of likely N-dealkylation sites (tertiary alicyclic amines) is 1. The van der Waals surface area contributed by atoms with Crippen molar-refractivity contribution < 1.29 is 18.0 Å². The van der Waals surface area contributed by atoms with Crippen LogP contribution in [0.4, 0.5) is 0 Å². The zero-order valence-electron chi connectivity index (χ0n) is 19.0. The first-order chi connectivity index (χ1) is 14.7. The van der Waals surface area contributed by atoms with Crippen LogP contribution in [-0.4, -0.2) is 73.6 Å². The maximum absolute atomic E-state index is 13.2. The molecule has 2 aliphatic heterocycles. The second kappa shape index (κ2) is 10.1. The minimum atomic E-state index is -3.60. The van der Waals surface area contributed by atoms with Crippen LogP contribution in [0.15, 0.2) is 17.0 Å². The SMILES string of the molecule is Cc1cc(C)c(S(=O)(=O)N2CCN(C(=O)CCC(=O)N3CCCCCC3)CC2)c(C)c1. The molecule has 2 heterocycles. The Morgan fingerprint density at radius 2 is 1.19 bits per heavy atom. The van der Waals surface area contributed by atoms with Crippen molar-refractivity contribution in [2.24, 2.45) is 0 Å². The van der Waals surface area contributed by atoms with Gasteiger partial charge < -0.3 is 9.80 Å². The number of piperazine rings is 1. The van der Waals surface area contributed by atoms with Gasteiger partial charge in [0.25, 0.3) is 0 Å². The number of nitrogens with zero attached hydrogens (tertiary/aromatic N) is 3. The second-order valence-electron chi connectivity index (χ2n) is 8.81. The Labute approximate surface area is 186 Å². The Kier molecular flexibility index (Phi) is 7.75. The van der Waals surface area contributed by atoms with Gasteiger partial charge in [0, 0.05) is 52.1 Å². The predicted molar refractivity (Wildman–Crippen MR) is 120 cm³/mol. The molecule has 0 saturated carbocycles.